The Balaban J connectivity index is 2.12. The van der Waals surface area contributed by atoms with Gasteiger partial charge in [0.05, 0.1) is 9.40 Å². The first-order valence-electron chi connectivity index (χ1n) is 5.93. The van der Waals surface area contributed by atoms with Gasteiger partial charge in [0, 0.05) is 24.4 Å². The van der Waals surface area contributed by atoms with Crippen LogP contribution in [0.25, 0.3) is 0 Å². The molecule has 5 nitrogen and oxygen atoms in total. The van der Waals surface area contributed by atoms with Gasteiger partial charge in [-0.1, -0.05) is 12.1 Å². The van der Waals surface area contributed by atoms with Crippen molar-refractivity contribution in [1.29, 1.82) is 0 Å². The first-order valence-corrected chi connectivity index (χ1v) is 6.73. The molecule has 20 heavy (non-hydrogen) atoms. The van der Waals surface area contributed by atoms with Gasteiger partial charge < -0.3 is 10.4 Å². The van der Waals surface area contributed by atoms with Crippen LogP contribution in [0.4, 0.5) is 11.4 Å². The van der Waals surface area contributed by atoms with Crippen molar-refractivity contribution in [2.24, 2.45) is 0 Å². The Hall–Kier alpha value is -2.08. The molecule has 0 unspecified atom stereocenters. The highest BCUT2D eigenvalue weighted by Crippen LogP contribution is 2.26. The topological polar surface area (TPSA) is 75.4 Å². The molecule has 0 amide bonds. The third-order valence-corrected chi connectivity index (χ3v) is 3.58. The van der Waals surface area contributed by atoms with Crippen LogP contribution in [0.15, 0.2) is 40.9 Å². The van der Waals surface area contributed by atoms with Crippen LogP contribution < -0.4 is 5.32 Å². The summed E-state index contributed by atoms with van der Waals surface area (Å²) in [5.74, 6) is 0.219. The van der Waals surface area contributed by atoms with Gasteiger partial charge in [0.15, 0.2) is 0 Å². The van der Waals surface area contributed by atoms with Crippen molar-refractivity contribution in [2.45, 2.75) is 13.5 Å². The monoisotopic (exact) mass is 336 g/mol. The van der Waals surface area contributed by atoms with Gasteiger partial charge in [-0.05, 0) is 46.1 Å². The second-order valence-corrected chi connectivity index (χ2v) is 5.25. The van der Waals surface area contributed by atoms with Crippen LogP contribution in [-0.2, 0) is 6.54 Å². The maximum atomic E-state index is 10.9. The molecule has 0 bridgehead atoms. The van der Waals surface area contributed by atoms with E-state index in [0.717, 1.165) is 16.8 Å². The smallest absolute Gasteiger partial charge is 0.283 e. The fourth-order valence-electron chi connectivity index (χ4n) is 1.73. The predicted octanol–water partition coefficient (Wildman–Crippen LogP) is 3.98. The lowest BCUT2D eigenvalue weighted by atomic mass is 10.1. The van der Waals surface area contributed by atoms with Crippen LogP contribution >= 0.6 is 15.9 Å². The number of aryl methyl sites for hydroxylation is 1. The highest BCUT2D eigenvalue weighted by molar-refractivity contribution is 9.10. The molecular formula is C14H13BrN2O3. The number of rotatable bonds is 4. The number of phenolic OH excluding ortho intramolecular Hbond substituents is 1. The van der Waals surface area contributed by atoms with Crippen molar-refractivity contribution in [3.05, 3.63) is 62.1 Å². The number of nitro benzene ring substituents is 1. The largest absolute Gasteiger partial charge is 0.508 e. The summed E-state index contributed by atoms with van der Waals surface area (Å²) in [6.07, 6.45) is 0. The molecular weight excluding hydrogens is 324 g/mol. The van der Waals surface area contributed by atoms with Crippen molar-refractivity contribution in [3.8, 4) is 5.75 Å². The first kappa shape index (κ1) is 14.3. The van der Waals surface area contributed by atoms with Crippen molar-refractivity contribution in [1.82, 2.24) is 0 Å². The Bertz CT molecular complexity index is 659. The number of nitrogens with zero attached hydrogens (tertiary/aromatic N) is 1. The maximum Gasteiger partial charge on any atom is 0.283 e. The highest BCUT2D eigenvalue weighted by atomic mass is 79.9. The van der Waals surface area contributed by atoms with Crippen molar-refractivity contribution >= 4 is 27.3 Å². The van der Waals surface area contributed by atoms with Gasteiger partial charge in [-0.25, -0.2) is 0 Å². The van der Waals surface area contributed by atoms with Gasteiger partial charge in [0.1, 0.15) is 5.75 Å². The maximum absolute atomic E-state index is 10.9. The number of halogens is 1. The molecule has 0 saturated carbocycles. The molecule has 104 valence electrons. The summed E-state index contributed by atoms with van der Waals surface area (Å²) < 4.78 is 0.458. The quantitative estimate of drug-likeness (QED) is 0.654. The van der Waals surface area contributed by atoms with E-state index in [1.165, 1.54) is 6.07 Å². The summed E-state index contributed by atoms with van der Waals surface area (Å²) in [4.78, 5) is 10.4. The molecule has 0 aliphatic rings. The van der Waals surface area contributed by atoms with Crippen LogP contribution in [0.5, 0.6) is 5.75 Å². The van der Waals surface area contributed by atoms with Gasteiger partial charge in [0.2, 0.25) is 0 Å². The molecule has 0 heterocycles. The Morgan fingerprint density at radius 1 is 1.30 bits per heavy atom. The average Bonchev–Trinajstić information content (AvgIpc) is 2.41. The van der Waals surface area contributed by atoms with Crippen molar-refractivity contribution in [3.63, 3.8) is 0 Å². The molecule has 0 spiro atoms. The second-order valence-electron chi connectivity index (χ2n) is 4.40. The lowest BCUT2D eigenvalue weighted by Crippen LogP contribution is -2.00. The Kier molecular flexibility index (Phi) is 4.24. The standard InChI is InChI=1S/C14H13BrN2O3/c1-9-2-4-11(7-14(9)18)16-8-10-3-5-12(15)13(6-10)17(19)20/h2-7,16,18H,8H2,1H3. The molecule has 0 saturated heterocycles. The second kappa shape index (κ2) is 5.92. The molecule has 2 aromatic carbocycles. The van der Waals surface area contributed by atoms with E-state index >= 15 is 0 Å². The average molecular weight is 337 g/mol. The van der Waals surface area contributed by atoms with Gasteiger partial charge in [-0.15, -0.1) is 0 Å². The van der Waals surface area contributed by atoms with E-state index in [-0.39, 0.29) is 11.4 Å². The van der Waals surface area contributed by atoms with E-state index in [2.05, 4.69) is 21.2 Å². The van der Waals surface area contributed by atoms with E-state index in [4.69, 9.17) is 0 Å². The molecule has 0 aromatic heterocycles. The number of aromatic hydroxyl groups is 1. The van der Waals surface area contributed by atoms with E-state index in [9.17, 15) is 15.2 Å². The zero-order chi connectivity index (χ0) is 14.7. The molecule has 2 N–H and O–H groups in total. The van der Waals surface area contributed by atoms with Gasteiger partial charge >= 0.3 is 0 Å². The molecule has 0 radical (unpaired) electrons. The van der Waals surface area contributed by atoms with Gasteiger partial charge in [0.25, 0.3) is 5.69 Å². The fourth-order valence-corrected chi connectivity index (χ4v) is 2.12. The predicted molar refractivity (Wildman–Crippen MR) is 81.0 cm³/mol. The van der Waals surface area contributed by atoms with E-state index < -0.39 is 4.92 Å². The summed E-state index contributed by atoms with van der Waals surface area (Å²) in [6.45, 7) is 2.26. The van der Waals surface area contributed by atoms with Crippen molar-refractivity contribution < 1.29 is 10.0 Å². The zero-order valence-corrected chi connectivity index (χ0v) is 12.3. The summed E-state index contributed by atoms with van der Waals surface area (Å²) >= 11 is 3.15. The molecule has 2 aromatic rings. The summed E-state index contributed by atoms with van der Waals surface area (Å²) in [6, 6.07) is 10.3. The third kappa shape index (κ3) is 3.27. The Labute approximate surface area is 124 Å². The minimum absolute atomic E-state index is 0.0380. The third-order valence-electron chi connectivity index (χ3n) is 2.91. The van der Waals surface area contributed by atoms with Gasteiger partial charge in [-0.3, -0.25) is 10.1 Å². The highest BCUT2D eigenvalue weighted by Gasteiger charge is 2.12. The number of hydrogen-bond acceptors (Lipinski definition) is 4. The van der Waals surface area contributed by atoms with Crippen LogP contribution in [0.2, 0.25) is 0 Å². The number of nitro groups is 1. The zero-order valence-electron chi connectivity index (χ0n) is 10.8. The van der Waals surface area contributed by atoms with E-state index in [0.29, 0.717) is 11.0 Å². The molecule has 0 fully saturated rings. The van der Waals surface area contributed by atoms with Gasteiger partial charge in [-0.2, -0.15) is 0 Å². The van der Waals surface area contributed by atoms with Crippen LogP contribution in [0.1, 0.15) is 11.1 Å². The SMILES string of the molecule is Cc1ccc(NCc2ccc(Br)c([N+](=O)[O-])c2)cc1O. The Morgan fingerprint density at radius 2 is 2.05 bits per heavy atom. The fraction of sp³-hybridized carbons (Fsp3) is 0.143. The number of anilines is 1. The summed E-state index contributed by atoms with van der Waals surface area (Å²) in [5.41, 5.74) is 2.39. The Morgan fingerprint density at radius 3 is 2.70 bits per heavy atom. The number of phenols is 1. The van der Waals surface area contributed by atoms with Crippen LogP contribution in [0, 0.1) is 17.0 Å². The van der Waals surface area contributed by atoms with Crippen molar-refractivity contribution in [2.75, 3.05) is 5.32 Å². The molecule has 0 atom stereocenters. The normalized spacial score (nSPS) is 10.3. The van der Waals surface area contributed by atoms with Crippen LogP contribution in [-0.4, -0.2) is 10.0 Å². The molecule has 6 heteroatoms. The number of hydrogen-bond donors (Lipinski definition) is 2. The molecule has 2 rings (SSSR count). The molecule has 0 aliphatic heterocycles. The van der Waals surface area contributed by atoms with Crippen LogP contribution in [0.3, 0.4) is 0 Å². The lowest BCUT2D eigenvalue weighted by Gasteiger charge is -2.08. The minimum Gasteiger partial charge on any atom is -0.508 e. The first-order chi connectivity index (χ1) is 9.47. The summed E-state index contributed by atoms with van der Waals surface area (Å²) in [5, 5.41) is 23.6. The minimum atomic E-state index is -0.425. The van der Waals surface area contributed by atoms with E-state index in [1.807, 2.05) is 19.1 Å². The summed E-state index contributed by atoms with van der Waals surface area (Å²) in [7, 11) is 0. The number of nitrogens with one attached hydrogen (secondary N) is 1. The molecule has 0 aliphatic carbocycles. The van der Waals surface area contributed by atoms with E-state index in [1.54, 1.807) is 18.2 Å². The lowest BCUT2D eigenvalue weighted by molar-refractivity contribution is -0.385. The number of benzene rings is 2.